The van der Waals surface area contributed by atoms with E-state index >= 15 is 0 Å². The SMILES string of the molecule is CC(C)c1ccccc1-c1nc2c(c(OCc3ccc(-c4nc(C(F)(F)F)cn4C(C)C)nc3)n1)CNCC2. The van der Waals surface area contributed by atoms with Gasteiger partial charge in [-0.1, -0.05) is 44.2 Å². The monoisotopic (exact) mass is 536 g/mol. The molecule has 0 saturated heterocycles. The predicted molar refractivity (Wildman–Crippen MR) is 142 cm³/mol. The second-order valence-electron chi connectivity index (χ2n) is 10.2. The van der Waals surface area contributed by atoms with E-state index in [2.05, 4.69) is 35.2 Å². The van der Waals surface area contributed by atoms with E-state index in [1.165, 1.54) is 10.1 Å². The summed E-state index contributed by atoms with van der Waals surface area (Å²) in [6, 6.07) is 11.4. The Balaban J connectivity index is 1.41. The van der Waals surface area contributed by atoms with Gasteiger partial charge < -0.3 is 14.6 Å². The molecular weight excluding hydrogens is 505 g/mol. The summed E-state index contributed by atoms with van der Waals surface area (Å²) in [6.45, 7) is 9.56. The van der Waals surface area contributed by atoms with E-state index in [1.54, 1.807) is 32.2 Å². The summed E-state index contributed by atoms with van der Waals surface area (Å²) in [5.74, 6) is 1.66. The highest BCUT2D eigenvalue weighted by Crippen LogP contribution is 2.33. The van der Waals surface area contributed by atoms with E-state index in [0.29, 0.717) is 29.9 Å². The van der Waals surface area contributed by atoms with Gasteiger partial charge in [-0.2, -0.15) is 18.2 Å². The summed E-state index contributed by atoms with van der Waals surface area (Å²) in [7, 11) is 0. The van der Waals surface area contributed by atoms with Crippen molar-refractivity contribution in [1.82, 2.24) is 29.8 Å². The van der Waals surface area contributed by atoms with Crippen molar-refractivity contribution in [3.63, 3.8) is 0 Å². The first kappa shape index (κ1) is 26.8. The lowest BCUT2D eigenvalue weighted by atomic mass is 9.96. The zero-order valence-corrected chi connectivity index (χ0v) is 22.4. The zero-order valence-electron chi connectivity index (χ0n) is 22.4. The number of pyridine rings is 1. The van der Waals surface area contributed by atoms with Crippen LogP contribution in [0.15, 0.2) is 48.8 Å². The maximum absolute atomic E-state index is 13.3. The highest BCUT2D eigenvalue weighted by Gasteiger charge is 2.35. The minimum absolute atomic E-state index is 0.175. The standard InChI is InChI=1S/C29H31F3N6O/c1-17(2)20-7-5-6-8-21(20)26-35-23-11-12-33-14-22(23)28(37-26)39-16-19-9-10-24(34-13-19)27-36-25(29(30,31)32)15-38(27)18(3)4/h5-10,13,15,17-18,33H,11-12,14,16H2,1-4H3. The molecule has 0 saturated carbocycles. The third-order valence-corrected chi connectivity index (χ3v) is 6.73. The van der Waals surface area contributed by atoms with Gasteiger partial charge in [-0.25, -0.2) is 9.97 Å². The molecule has 10 heteroatoms. The molecule has 1 aromatic carbocycles. The normalized spacial score (nSPS) is 13.7. The minimum atomic E-state index is -4.53. The van der Waals surface area contributed by atoms with Crippen molar-refractivity contribution in [1.29, 1.82) is 0 Å². The largest absolute Gasteiger partial charge is 0.472 e. The topological polar surface area (TPSA) is 77.8 Å². The van der Waals surface area contributed by atoms with E-state index in [4.69, 9.17) is 14.7 Å². The van der Waals surface area contributed by atoms with Crippen LogP contribution in [0.1, 0.15) is 67.7 Å². The fourth-order valence-electron chi connectivity index (χ4n) is 4.66. The quantitative estimate of drug-likeness (QED) is 0.297. The fraction of sp³-hybridized carbons (Fsp3) is 0.379. The first-order valence-electron chi connectivity index (χ1n) is 13.1. The molecule has 3 aromatic heterocycles. The number of imidazole rings is 1. The summed E-state index contributed by atoms with van der Waals surface area (Å²) in [6.07, 6.45) is -1.12. The first-order valence-corrected chi connectivity index (χ1v) is 13.1. The molecule has 39 heavy (non-hydrogen) atoms. The average molecular weight is 537 g/mol. The number of aromatic nitrogens is 5. The van der Waals surface area contributed by atoms with Gasteiger partial charge in [0.1, 0.15) is 12.3 Å². The molecule has 0 atom stereocenters. The maximum Gasteiger partial charge on any atom is 0.434 e. The maximum atomic E-state index is 13.3. The van der Waals surface area contributed by atoms with Crippen LogP contribution in [0.5, 0.6) is 5.88 Å². The van der Waals surface area contributed by atoms with Crippen molar-refractivity contribution in [3.05, 3.63) is 76.9 Å². The van der Waals surface area contributed by atoms with E-state index < -0.39 is 11.9 Å². The molecule has 1 N–H and O–H groups in total. The van der Waals surface area contributed by atoms with Crippen LogP contribution in [0.2, 0.25) is 0 Å². The Hall–Kier alpha value is -3.79. The molecule has 0 radical (unpaired) electrons. The Morgan fingerprint density at radius 3 is 2.51 bits per heavy atom. The lowest BCUT2D eigenvalue weighted by Crippen LogP contribution is -2.26. The summed E-state index contributed by atoms with van der Waals surface area (Å²) in [5.41, 5.74) is 4.26. The van der Waals surface area contributed by atoms with Crippen molar-refractivity contribution < 1.29 is 17.9 Å². The number of alkyl halides is 3. The number of fused-ring (bicyclic) bond motifs is 1. The summed E-state index contributed by atoms with van der Waals surface area (Å²) in [4.78, 5) is 17.9. The zero-order chi connectivity index (χ0) is 27.7. The van der Waals surface area contributed by atoms with Crippen LogP contribution in [-0.4, -0.2) is 31.0 Å². The number of nitrogens with zero attached hydrogens (tertiary/aromatic N) is 5. The predicted octanol–water partition coefficient (Wildman–Crippen LogP) is 6.35. The Labute approximate surface area is 225 Å². The van der Waals surface area contributed by atoms with Gasteiger partial charge in [0.2, 0.25) is 5.88 Å². The lowest BCUT2D eigenvalue weighted by Gasteiger charge is -2.21. The molecule has 0 aliphatic carbocycles. The van der Waals surface area contributed by atoms with Crippen LogP contribution < -0.4 is 10.1 Å². The van der Waals surface area contributed by atoms with Crippen LogP contribution in [0.4, 0.5) is 13.2 Å². The molecule has 0 amide bonds. The number of halogens is 3. The van der Waals surface area contributed by atoms with E-state index in [0.717, 1.165) is 41.5 Å². The molecule has 0 spiro atoms. The van der Waals surface area contributed by atoms with Crippen molar-refractivity contribution in [2.75, 3.05) is 6.54 Å². The van der Waals surface area contributed by atoms with Crippen LogP contribution in [0, 0.1) is 0 Å². The second-order valence-corrected chi connectivity index (χ2v) is 10.2. The van der Waals surface area contributed by atoms with Gasteiger partial charge in [-0.3, -0.25) is 4.98 Å². The molecule has 0 bridgehead atoms. The molecular formula is C29H31F3N6O. The lowest BCUT2D eigenvalue weighted by molar-refractivity contribution is -0.140. The minimum Gasteiger partial charge on any atom is -0.472 e. The Bertz CT molecular complexity index is 1460. The highest BCUT2D eigenvalue weighted by atomic mass is 19.4. The summed E-state index contributed by atoms with van der Waals surface area (Å²) < 4.78 is 47.5. The molecule has 1 aliphatic rings. The number of rotatable bonds is 7. The molecule has 4 heterocycles. The van der Waals surface area contributed by atoms with Crippen molar-refractivity contribution in [2.24, 2.45) is 0 Å². The number of nitrogens with one attached hydrogen (secondary N) is 1. The third kappa shape index (κ3) is 5.66. The van der Waals surface area contributed by atoms with Crippen molar-refractivity contribution >= 4 is 0 Å². The fourth-order valence-corrected chi connectivity index (χ4v) is 4.66. The van der Waals surface area contributed by atoms with Crippen LogP contribution in [0.25, 0.3) is 22.9 Å². The third-order valence-electron chi connectivity index (χ3n) is 6.73. The van der Waals surface area contributed by atoms with Gasteiger partial charge in [0.15, 0.2) is 17.3 Å². The van der Waals surface area contributed by atoms with Crippen LogP contribution in [-0.2, 0) is 25.7 Å². The Morgan fingerprint density at radius 1 is 1.03 bits per heavy atom. The van der Waals surface area contributed by atoms with Crippen molar-refractivity contribution in [2.45, 2.75) is 65.4 Å². The Morgan fingerprint density at radius 2 is 1.82 bits per heavy atom. The second kappa shape index (κ2) is 10.8. The summed E-state index contributed by atoms with van der Waals surface area (Å²) in [5, 5.41) is 3.36. The van der Waals surface area contributed by atoms with E-state index in [9.17, 15) is 13.2 Å². The molecule has 0 unspecified atom stereocenters. The van der Waals surface area contributed by atoms with Gasteiger partial charge in [0, 0.05) is 54.6 Å². The van der Waals surface area contributed by atoms with Crippen molar-refractivity contribution in [3.8, 4) is 28.8 Å². The highest BCUT2D eigenvalue weighted by molar-refractivity contribution is 5.62. The average Bonchev–Trinajstić information content (AvgIpc) is 3.39. The molecule has 7 nitrogen and oxygen atoms in total. The first-order chi connectivity index (χ1) is 18.6. The van der Waals surface area contributed by atoms with Gasteiger partial charge >= 0.3 is 6.18 Å². The Kier molecular flexibility index (Phi) is 7.40. The van der Waals surface area contributed by atoms with Crippen LogP contribution in [0.3, 0.4) is 0 Å². The number of ether oxygens (including phenoxy) is 1. The molecule has 5 rings (SSSR count). The number of hydrogen-bond donors (Lipinski definition) is 1. The van der Waals surface area contributed by atoms with E-state index in [1.807, 2.05) is 18.2 Å². The van der Waals surface area contributed by atoms with Gasteiger partial charge in [0.25, 0.3) is 0 Å². The summed E-state index contributed by atoms with van der Waals surface area (Å²) >= 11 is 0. The molecule has 0 fully saturated rings. The van der Waals surface area contributed by atoms with Crippen LogP contribution >= 0.6 is 0 Å². The molecule has 4 aromatic rings. The smallest absolute Gasteiger partial charge is 0.434 e. The number of benzene rings is 1. The van der Waals surface area contributed by atoms with Gasteiger partial charge in [-0.05, 0) is 31.4 Å². The number of hydrogen-bond acceptors (Lipinski definition) is 6. The van der Waals surface area contributed by atoms with Gasteiger partial charge in [-0.15, -0.1) is 0 Å². The van der Waals surface area contributed by atoms with Gasteiger partial charge in [0.05, 0.1) is 5.69 Å². The van der Waals surface area contributed by atoms with E-state index in [-0.39, 0.29) is 18.5 Å². The molecule has 204 valence electrons. The molecule has 1 aliphatic heterocycles.